The molecule has 12 aliphatic heterocycles. The molecule has 9 saturated heterocycles. The second kappa shape index (κ2) is 37.4. The summed E-state index contributed by atoms with van der Waals surface area (Å²) in [4.78, 5) is 149. The van der Waals surface area contributed by atoms with Crippen LogP contribution in [0.1, 0.15) is 97.4 Å². The van der Waals surface area contributed by atoms with E-state index in [0.717, 1.165) is 18.1 Å². The second-order valence-electron chi connectivity index (χ2n) is 31.4. The number of aromatic nitrogens is 18. The molecule has 0 aliphatic carbocycles. The highest BCUT2D eigenvalue weighted by Crippen LogP contribution is 2.62. The number of nitrogen functional groups attached to an aromatic ring is 3. The summed E-state index contributed by atoms with van der Waals surface area (Å²) in [6.45, 7) is -28.4. The van der Waals surface area contributed by atoms with Crippen molar-refractivity contribution in [3.63, 3.8) is 0 Å². The molecule has 9 aromatic rings. The number of aromatic amines is 3. The van der Waals surface area contributed by atoms with Crippen LogP contribution < -0.4 is 51.1 Å². The molecular formula is C63H77F4N27O27P6S7. The molecule has 21 N–H and O–H groups in total. The first-order chi connectivity index (χ1) is 63.5. The van der Waals surface area contributed by atoms with E-state index in [0.29, 0.717) is 48.0 Å². The molecule has 0 aromatic carbocycles. The van der Waals surface area contributed by atoms with Crippen LogP contribution in [0.3, 0.4) is 0 Å². The number of nitrogens with two attached hydrogens (primary N) is 6. The van der Waals surface area contributed by atoms with E-state index in [4.69, 9.17) is 171 Å². The number of fused-ring (bicyclic) bond motifs is 15. The number of thioether (sulfide) groups is 1. The van der Waals surface area contributed by atoms with Gasteiger partial charge in [-0.25, -0.2) is 67.0 Å². The van der Waals surface area contributed by atoms with Crippen molar-refractivity contribution in [2.75, 3.05) is 56.8 Å². The lowest BCUT2D eigenvalue weighted by Gasteiger charge is -2.28. The van der Waals surface area contributed by atoms with Crippen LogP contribution in [0, 0.1) is 0 Å². The van der Waals surface area contributed by atoms with Crippen molar-refractivity contribution in [3.8, 4) is 0 Å². The van der Waals surface area contributed by atoms with E-state index in [2.05, 4.69) is 87.0 Å². The van der Waals surface area contributed by atoms with E-state index in [9.17, 15) is 48.5 Å². The van der Waals surface area contributed by atoms with Crippen molar-refractivity contribution in [1.82, 2.24) is 87.2 Å². The maximum Gasteiger partial charge on any atom is 0.386 e. The van der Waals surface area contributed by atoms with Gasteiger partial charge in [-0.3, -0.25) is 88.4 Å². The summed E-state index contributed by atoms with van der Waals surface area (Å²) in [7, 11) is 0. The third-order valence-corrected chi connectivity index (χ3v) is 33.6. The molecule has 71 heteroatoms. The maximum atomic E-state index is 16.1. The summed E-state index contributed by atoms with van der Waals surface area (Å²) in [6, 6.07) is -1.33. The Labute approximate surface area is 781 Å². The molecule has 9 aromatic heterocycles. The topological polar surface area (TPSA) is 733 Å². The summed E-state index contributed by atoms with van der Waals surface area (Å²) < 4.78 is 182. The fraction of sp³-hybridized carbons (Fsp3) is 0.571. The fourth-order valence-electron chi connectivity index (χ4n) is 16.5. The molecule has 726 valence electrons. The van der Waals surface area contributed by atoms with Crippen molar-refractivity contribution in [1.29, 1.82) is 0 Å². The minimum absolute atomic E-state index is 0.0215. The Morgan fingerprint density at radius 2 is 0.761 bits per heavy atom. The summed E-state index contributed by atoms with van der Waals surface area (Å²) in [5, 5.41) is 9.51. The monoisotopic (exact) mass is 2130 g/mol. The molecule has 12 aliphatic rings. The summed E-state index contributed by atoms with van der Waals surface area (Å²) in [5.74, 6) is 0.283. The van der Waals surface area contributed by atoms with E-state index in [1.807, 2.05) is 0 Å². The highest BCUT2D eigenvalue weighted by Gasteiger charge is 2.59. The van der Waals surface area contributed by atoms with E-state index in [-0.39, 0.29) is 76.8 Å². The molecule has 21 rings (SSSR count). The molecule has 0 amide bonds. The quantitative estimate of drug-likeness (QED) is 0.0642. The molecule has 32 atom stereocenters. The van der Waals surface area contributed by atoms with Gasteiger partial charge in [0.2, 0.25) is 17.8 Å². The third kappa shape index (κ3) is 19.2. The van der Waals surface area contributed by atoms with Gasteiger partial charge in [0.15, 0.2) is 107 Å². The first-order valence-corrected chi connectivity index (χ1v) is 56.4. The molecule has 21 heterocycles. The zero-order valence-corrected chi connectivity index (χ0v) is 78.8. The molecule has 9 unspecified atom stereocenters. The number of aliphatic hydroxyl groups is 1. The predicted molar refractivity (Wildman–Crippen MR) is 478 cm³/mol. The SMILES string of the molecule is Nc1nc2c(ncn2[C@@H]2O[C@@H]3COP(O)(=S)O[C@H]4[C@H](F)[C@H](n5cnc6c5N=CCC6N)O[C@@H]4COP(=O)(S)O[C@@H]2C3)c(=O)[nH]1.Nc1nc2c(ncn2[C@@H]2O[C@@H]3COP(O)(=S)O[C@H]4[C@H](F)[C@H](n5cnc6c5N=CCC6N)O[C@@H]4COP(O)(=S)O[C@@H]2[C@H]3F)c(=O)[nH]1.Nc1nc2c(ncn2[C@@H]2S[C@@H]3COP(O)(=S)O[C@H]4[C@H](F)[C@H](n5cnc6c5N=CCC6N)O[C@@H]4COP(O)(=S)O[C@@H]2[C@@H]3O)c(=O)[nH]1. The van der Waals surface area contributed by atoms with Crippen LogP contribution in [0.2, 0.25) is 0 Å². The van der Waals surface area contributed by atoms with Gasteiger partial charge in [-0.15, -0.1) is 11.8 Å². The van der Waals surface area contributed by atoms with Crippen LogP contribution in [0.15, 0.2) is 67.3 Å². The predicted octanol–water partition coefficient (Wildman–Crippen LogP) is 1.89. The van der Waals surface area contributed by atoms with Crippen molar-refractivity contribution in [3.05, 3.63) is 86.1 Å². The van der Waals surface area contributed by atoms with Crippen LogP contribution in [0.5, 0.6) is 0 Å². The number of H-pyrrole nitrogens is 3. The number of alkyl halides is 4. The Bertz CT molecular complexity index is 6410. The number of rotatable bonds is 6. The van der Waals surface area contributed by atoms with Gasteiger partial charge in [-0.2, -0.15) is 15.0 Å². The number of nitrogens with zero attached hydrogens (tertiary/aromatic N) is 18. The van der Waals surface area contributed by atoms with Crippen LogP contribution in [0.4, 0.5) is 52.9 Å². The molecule has 54 nitrogen and oxygen atoms in total. The van der Waals surface area contributed by atoms with E-state index in [1.165, 1.54) is 59.0 Å². The number of thiol groups is 1. The molecule has 9 fully saturated rings. The fourth-order valence-corrected chi connectivity index (χ4v) is 26.8. The van der Waals surface area contributed by atoms with Crippen LogP contribution >= 0.6 is 64.4 Å². The number of hydrogen-bond donors (Lipinski definition) is 16. The molecule has 0 saturated carbocycles. The number of imidazole rings is 6. The number of hydrogen-bond acceptors (Lipinski definition) is 46. The Balaban J connectivity index is 0.000000129. The molecule has 134 heavy (non-hydrogen) atoms. The first kappa shape index (κ1) is 96.8. The van der Waals surface area contributed by atoms with E-state index >= 15 is 17.6 Å². The van der Waals surface area contributed by atoms with Gasteiger partial charge in [0.25, 0.3) is 16.7 Å². The Kier molecular flexibility index (Phi) is 27.0. The third-order valence-electron chi connectivity index (χ3n) is 22.7. The summed E-state index contributed by atoms with van der Waals surface area (Å²) >= 11 is 31.2. The van der Waals surface area contributed by atoms with Crippen LogP contribution in [-0.4, -0.2) is 278 Å². The zero-order valence-electron chi connectivity index (χ0n) is 67.6. The summed E-state index contributed by atoms with van der Waals surface area (Å²) in [5.41, 5.74) is 34.8. The first-order valence-electron chi connectivity index (χ1n) is 39.9. The average molecular weight is 2130 g/mol. The van der Waals surface area contributed by atoms with Crippen molar-refractivity contribution in [2.45, 2.75) is 184 Å². The highest BCUT2D eigenvalue weighted by atomic mass is 32.7. The molecular weight excluding hydrogens is 2050 g/mol. The van der Waals surface area contributed by atoms with Gasteiger partial charge in [0.1, 0.15) is 83.5 Å². The largest absolute Gasteiger partial charge is 0.389 e. The summed E-state index contributed by atoms with van der Waals surface area (Å²) in [6.07, 6.45) is -16.7. The van der Waals surface area contributed by atoms with Gasteiger partial charge in [-0.1, -0.05) is 12.2 Å². The maximum absolute atomic E-state index is 16.1. The number of aliphatic hydroxyl groups excluding tert-OH is 1. The van der Waals surface area contributed by atoms with Crippen molar-refractivity contribution < 1.29 is 130 Å². The van der Waals surface area contributed by atoms with Crippen molar-refractivity contribution in [2.24, 2.45) is 32.2 Å². The molecule has 0 spiro atoms. The van der Waals surface area contributed by atoms with E-state index < -0.39 is 241 Å². The Morgan fingerprint density at radius 3 is 1.19 bits per heavy atom. The smallest absolute Gasteiger partial charge is 0.386 e. The van der Waals surface area contributed by atoms with Crippen LogP contribution in [0.25, 0.3) is 33.5 Å². The number of aliphatic imine (C=N–C) groups is 3. The van der Waals surface area contributed by atoms with Gasteiger partial charge in [0, 0.05) is 44.3 Å². The molecule has 0 radical (unpaired) electrons. The van der Waals surface area contributed by atoms with Crippen LogP contribution in [-0.2, 0) is 142 Å². The lowest BCUT2D eigenvalue weighted by Crippen LogP contribution is -2.35. The number of nitrogens with one attached hydrogen (secondary N) is 3. The standard InChI is InChI=1S/C21H25F2N9O9P2S2.C21H26FN9O9P2S3.C21H26FN9O9P2S2/c22-10-8-3-36-42(34,44)40-14-9(39-19(11(14)23)31-5-27-12-7(24)1-2-26-16(12)31)4-37-43(35,45)41-15(10)20(38-8)32-6-28-13-17(32)29-21(25)30-18(13)33;22-10-14-8(38-19(10)30-5-26-11-7(23)1-2-25-16(11)30)3-36-41(34,43)40-15-13(32)9(4-37-42(35,44)39-14)45-20(15)31-6-27-12-17(31)28-21(24)29-18(12)33;22-12-15-11(38-20(12)30-6-26-13-9(23)1-2-25-16(13)30)5-36-41(33,43)39-10-3-8(4-35-42(34,44)40-15)37-19(10)31-7-27-14-17(31)28-21(24)29-18(14)32/h2,5-11,14-15,19-20H,1,3-4,24H2,(H,34,44)(H,35,45)(H3,25,29,30,33);2,5-10,13-15,19-20,32H,1,3-4,23H2,(H,34,43)(H,35,44)(H3,24,28,29,33);2,6-12,15,19-20H,1,3-5,23H2,(H,33,43)(H,34,44)(H3,24,28,29,32)/t7?,8-,9-,10+,11+,14-,15-,19-,20-,42?,43?;7?,8-,9-,10+,13-,14-,15-,19-,20-,41?,42?;8-,9?,10+,11+,12-,15+,19+,20+,41?,42?/m110/s1. The van der Waals surface area contributed by atoms with Gasteiger partial charge in [-0.05, 0) is 59.0 Å². The minimum Gasteiger partial charge on any atom is -0.389 e. The van der Waals surface area contributed by atoms with Crippen molar-refractivity contribution >= 4 is 211 Å². The van der Waals surface area contributed by atoms with Gasteiger partial charge < -0.3 is 110 Å². The normalized spacial score (nSPS) is 40.1. The van der Waals surface area contributed by atoms with E-state index in [1.54, 1.807) is 18.6 Å². The second-order valence-corrected chi connectivity index (χ2v) is 49.6. The zero-order chi connectivity index (χ0) is 94.6. The Morgan fingerprint density at radius 1 is 0.418 bits per heavy atom. The number of halogens is 4. The minimum atomic E-state index is -4.33. The lowest BCUT2D eigenvalue weighted by atomic mass is 10.1. The van der Waals surface area contributed by atoms with Gasteiger partial charge in [0.05, 0.1) is 113 Å². The van der Waals surface area contributed by atoms with Gasteiger partial charge >= 0.3 is 40.4 Å². The average Bonchev–Trinajstić information content (AvgIpc) is 1.62. The number of ether oxygens (including phenoxy) is 5. The number of anilines is 3. The Hall–Kier alpha value is -6.05. The lowest BCUT2D eigenvalue weighted by molar-refractivity contribution is -0.0601. The molecule has 6 bridgehead atoms. The highest BCUT2D eigenvalue weighted by molar-refractivity contribution is 8.44.